The van der Waals surface area contributed by atoms with Gasteiger partial charge in [0.05, 0.1) is 12.8 Å². The molecule has 0 atom stereocenters. The first-order valence-electron chi connectivity index (χ1n) is 9.76. The van der Waals surface area contributed by atoms with Crippen molar-refractivity contribution >= 4 is 0 Å². The van der Waals surface area contributed by atoms with Gasteiger partial charge in [0.15, 0.2) is 0 Å². The van der Waals surface area contributed by atoms with Gasteiger partial charge >= 0.3 is 0 Å². The maximum Gasteiger partial charge on any atom is 0.296 e. The van der Waals surface area contributed by atoms with Crippen molar-refractivity contribution in [3.8, 4) is 17.5 Å². The lowest BCUT2D eigenvalue weighted by Gasteiger charge is -2.08. The topological polar surface area (TPSA) is 82.0 Å². The highest BCUT2D eigenvalue weighted by molar-refractivity contribution is 5.33. The third kappa shape index (κ3) is 5.57. The molecular weight excluding hydrogens is 399 g/mol. The molecule has 8 heteroatoms. The van der Waals surface area contributed by atoms with Crippen LogP contribution in [0.15, 0.2) is 71.9 Å². The molecule has 0 radical (unpaired) electrons. The summed E-state index contributed by atoms with van der Waals surface area (Å²) < 4.78 is 25.9. The summed E-state index contributed by atoms with van der Waals surface area (Å²) in [6.07, 6.45) is 6.21. The van der Waals surface area contributed by atoms with Crippen LogP contribution in [0.1, 0.15) is 16.7 Å². The van der Waals surface area contributed by atoms with Gasteiger partial charge in [0.25, 0.3) is 11.6 Å². The Morgan fingerprint density at radius 2 is 1.71 bits per heavy atom. The van der Waals surface area contributed by atoms with Gasteiger partial charge in [-0.15, -0.1) is 0 Å². The average molecular weight is 420 g/mol. The number of rotatable bonds is 8. The SMILES string of the molecule is Cn1cc(Cc2cnc(OCCc3ccc(Oc4ccc(F)cc4)cc3)[nH]c2=O)cn1. The summed E-state index contributed by atoms with van der Waals surface area (Å²) in [5, 5.41) is 4.10. The highest BCUT2D eigenvalue weighted by Gasteiger charge is 2.07. The molecule has 0 aliphatic heterocycles. The molecule has 2 aromatic carbocycles. The molecule has 7 nitrogen and oxygen atoms in total. The fraction of sp³-hybridized carbons (Fsp3) is 0.174. The molecule has 2 heterocycles. The second-order valence-electron chi connectivity index (χ2n) is 7.04. The van der Waals surface area contributed by atoms with Crippen LogP contribution in [0.4, 0.5) is 4.39 Å². The van der Waals surface area contributed by atoms with Crippen LogP contribution in [-0.4, -0.2) is 26.4 Å². The first-order chi connectivity index (χ1) is 15.0. The Labute approximate surface area is 178 Å². The van der Waals surface area contributed by atoms with E-state index >= 15 is 0 Å². The van der Waals surface area contributed by atoms with E-state index in [0.717, 1.165) is 11.1 Å². The summed E-state index contributed by atoms with van der Waals surface area (Å²) in [5.74, 6) is 0.924. The fourth-order valence-corrected chi connectivity index (χ4v) is 3.02. The molecular formula is C23H21FN4O3. The average Bonchev–Trinajstić information content (AvgIpc) is 3.17. The molecule has 0 unspecified atom stereocenters. The van der Waals surface area contributed by atoms with Crippen LogP contribution in [0.2, 0.25) is 0 Å². The number of nitrogens with zero attached hydrogens (tertiary/aromatic N) is 3. The van der Waals surface area contributed by atoms with E-state index < -0.39 is 0 Å². The van der Waals surface area contributed by atoms with Gasteiger partial charge in [-0.1, -0.05) is 12.1 Å². The highest BCUT2D eigenvalue weighted by Crippen LogP contribution is 2.22. The minimum atomic E-state index is -0.304. The number of nitrogens with one attached hydrogen (secondary N) is 1. The van der Waals surface area contributed by atoms with Gasteiger partial charge in [-0.3, -0.25) is 14.5 Å². The summed E-state index contributed by atoms with van der Waals surface area (Å²) in [7, 11) is 1.83. The van der Waals surface area contributed by atoms with E-state index in [1.54, 1.807) is 23.0 Å². The molecule has 0 amide bonds. The molecule has 4 rings (SSSR count). The van der Waals surface area contributed by atoms with E-state index in [1.165, 1.54) is 18.3 Å². The predicted octanol–water partition coefficient (Wildman–Crippen LogP) is 3.65. The summed E-state index contributed by atoms with van der Waals surface area (Å²) in [4.78, 5) is 19.1. The lowest BCUT2D eigenvalue weighted by Crippen LogP contribution is -2.16. The molecule has 158 valence electrons. The van der Waals surface area contributed by atoms with Crippen molar-refractivity contribution in [2.75, 3.05) is 6.61 Å². The number of aryl methyl sites for hydroxylation is 1. The van der Waals surface area contributed by atoms with Crippen LogP contribution < -0.4 is 15.0 Å². The number of hydrogen-bond acceptors (Lipinski definition) is 5. The standard InChI is InChI=1S/C23H21FN4O3/c1-28-15-17(13-26-28)12-18-14-25-23(27-22(18)29)30-11-10-16-2-6-20(7-3-16)31-21-8-4-19(24)5-9-21/h2-9,13-15H,10-12H2,1H3,(H,25,27,29). The Bertz CT molecular complexity index is 1200. The van der Waals surface area contributed by atoms with Crippen LogP contribution in [-0.2, 0) is 19.9 Å². The normalized spacial score (nSPS) is 10.8. The first-order valence-corrected chi connectivity index (χ1v) is 9.76. The summed E-state index contributed by atoms with van der Waals surface area (Å²) in [6.45, 7) is 0.364. The number of halogens is 1. The van der Waals surface area contributed by atoms with Gasteiger partial charge in [0, 0.05) is 37.8 Å². The van der Waals surface area contributed by atoms with Crippen LogP contribution in [0.3, 0.4) is 0 Å². The van der Waals surface area contributed by atoms with E-state index in [0.29, 0.717) is 36.5 Å². The lowest BCUT2D eigenvalue weighted by atomic mass is 10.1. The molecule has 0 bridgehead atoms. The molecule has 0 aliphatic rings. The predicted molar refractivity (Wildman–Crippen MR) is 113 cm³/mol. The van der Waals surface area contributed by atoms with Gasteiger partial charge in [-0.05, 0) is 47.5 Å². The number of ether oxygens (including phenoxy) is 2. The quantitative estimate of drug-likeness (QED) is 0.471. The fourth-order valence-electron chi connectivity index (χ4n) is 3.02. The van der Waals surface area contributed by atoms with Crippen molar-refractivity contribution in [1.29, 1.82) is 0 Å². The molecule has 1 N–H and O–H groups in total. The second kappa shape index (κ2) is 9.25. The molecule has 31 heavy (non-hydrogen) atoms. The molecule has 4 aromatic rings. The maximum atomic E-state index is 13.0. The Balaban J connectivity index is 1.28. The highest BCUT2D eigenvalue weighted by atomic mass is 19.1. The van der Waals surface area contributed by atoms with Crippen LogP contribution in [0, 0.1) is 5.82 Å². The van der Waals surface area contributed by atoms with Crippen molar-refractivity contribution in [2.24, 2.45) is 7.05 Å². The van der Waals surface area contributed by atoms with Crippen LogP contribution in [0.5, 0.6) is 17.5 Å². The van der Waals surface area contributed by atoms with Gasteiger partial charge in [0.1, 0.15) is 17.3 Å². The summed E-state index contributed by atoms with van der Waals surface area (Å²) in [6, 6.07) is 13.6. The molecule has 2 aromatic heterocycles. The number of hydrogen-bond donors (Lipinski definition) is 1. The van der Waals surface area contributed by atoms with E-state index in [-0.39, 0.29) is 17.4 Å². The van der Waals surface area contributed by atoms with E-state index in [2.05, 4.69) is 15.1 Å². The number of aromatic nitrogens is 4. The van der Waals surface area contributed by atoms with Gasteiger partial charge < -0.3 is 9.47 Å². The Morgan fingerprint density at radius 3 is 2.35 bits per heavy atom. The van der Waals surface area contributed by atoms with E-state index in [1.807, 2.05) is 37.5 Å². The van der Waals surface area contributed by atoms with E-state index in [4.69, 9.17) is 9.47 Å². The van der Waals surface area contributed by atoms with Crippen molar-refractivity contribution in [3.63, 3.8) is 0 Å². The number of benzene rings is 2. The third-order valence-corrected chi connectivity index (χ3v) is 4.60. The monoisotopic (exact) mass is 420 g/mol. The van der Waals surface area contributed by atoms with Crippen LogP contribution in [0.25, 0.3) is 0 Å². The van der Waals surface area contributed by atoms with Crippen molar-refractivity contribution in [3.05, 3.63) is 100.0 Å². The number of aromatic amines is 1. The summed E-state index contributed by atoms with van der Waals surface area (Å²) in [5.41, 5.74) is 2.31. The minimum absolute atomic E-state index is 0.191. The Morgan fingerprint density at radius 1 is 1.00 bits per heavy atom. The van der Waals surface area contributed by atoms with Crippen molar-refractivity contribution in [1.82, 2.24) is 19.7 Å². The number of H-pyrrole nitrogens is 1. The van der Waals surface area contributed by atoms with Gasteiger partial charge in [-0.2, -0.15) is 5.10 Å². The molecule has 0 saturated heterocycles. The lowest BCUT2D eigenvalue weighted by molar-refractivity contribution is 0.295. The van der Waals surface area contributed by atoms with Crippen molar-refractivity contribution in [2.45, 2.75) is 12.8 Å². The second-order valence-corrected chi connectivity index (χ2v) is 7.04. The summed E-state index contributed by atoms with van der Waals surface area (Å²) >= 11 is 0. The molecule has 0 aliphatic carbocycles. The van der Waals surface area contributed by atoms with Crippen LogP contribution >= 0.6 is 0 Å². The Kier molecular flexibility index (Phi) is 6.07. The third-order valence-electron chi connectivity index (χ3n) is 4.60. The zero-order chi connectivity index (χ0) is 21.6. The largest absolute Gasteiger partial charge is 0.464 e. The van der Waals surface area contributed by atoms with Crippen molar-refractivity contribution < 1.29 is 13.9 Å². The van der Waals surface area contributed by atoms with E-state index in [9.17, 15) is 9.18 Å². The maximum absolute atomic E-state index is 13.0. The molecule has 0 fully saturated rings. The molecule has 0 spiro atoms. The first kappa shape index (κ1) is 20.3. The minimum Gasteiger partial charge on any atom is -0.464 e. The van der Waals surface area contributed by atoms with Gasteiger partial charge in [-0.25, -0.2) is 9.37 Å². The molecule has 0 saturated carbocycles. The zero-order valence-corrected chi connectivity index (χ0v) is 16.9. The zero-order valence-electron chi connectivity index (χ0n) is 16.9. The van der Waals surface area contributed by atoms with Gasteiger partial charge in [0.2, 0.25) is 0 Å². The smallest absolute Gasteiger partial charge is 0.296 e. The Hall–Kier alpha value is -3.94.